The fraction of sp³-hybridized carbons (Fsp3) is 0.333. The van der Waals surface area contributed by atoms with Crippen LogP contribution in [0.5, 0.6) is 0 Å². The average molecular weight is 250 g/mol. The number of ether oxygens (including phenoxy) is 1. The summed E-state index contributed by atoms with van der Waals surface area (Å²) in [4.78, 5) is 13.2. The summed E-state index contributed by atoms with van der Waals surface area (Å²) in [7, 11) is 1.40. The van der Waals surface area contributed by atoms with Gasteiger partial charge in [0.15, 0.2) is 0 Å². The molecule has 0 aliphatic rings. The SMILES string of the molecule is CCc1n[nH]cc1-c1cc(C(=O)OC)sc1C. The van der Waals surface area contributed by atoms with E-state index in [0.29, 0.717) is 4.88 Å². The van der Waals surface area contributed by atoms with Gasteiger partial charge in [-0.15, -0.1) is 11.3 Å². The molecule has 0 aliphatic heterocycles. The van der Waals surface area contributed by atoms with E-state index in [1.54, 1.807) is 0 Å². The highest BCUT2D eigenvalue weighted by atomic mass is 32.1. The van der Waals surface area contributed by atoms with Crippen LogP contribution in [0, 0.1) is 6.92 Å². The Balaban J connectivity index is 2.46. The van der Waals surface area contributed by atoms with E-state index in [1.807, 2.05) is 19.2 Å². The molecular formula is C12H14N2O2S. The van der Waals surface area contributed by atoms with Crippen molar-refractivity contribution >= 4 is 17.3 Å². The molecule has 0 unspecified atom stereocenters. The van der Waals surface area contributed by atoms with Crippen LogP contribution in [-0.2, 0) is 11.2 Å². The monoisotopic (exact) mass is 250 g/mol. The van der Waals surface area contributed by atoms with Crippen LogP contribution >= 0.6 is 11.3 Å². The molecule has 0 atom stereocenters. The number of methoxy groups -OCH3 is 1. The van der Waals surface area contributed by atoms with E-state index < -0.39 is 0 Å². The minimum atomic E-state index is -0.286. The van der Waals surface area contributed by atoms with Crippen LogP contribution in [0.4, 0.5) is 0 Å². The van der Waals surface area contributed by atoms with Crippen LogP contribution in [-0.4, -0.2) is 23.3 Å². The number of carbonyl (C=O) groups excluding carboxylic acids is 1. The molecular weight excluding hydrogens is 236 g/mol. The molecule has 2 aromatic heterocycles. The number of nitrogens with zero attached hydrogens (tertiary/aromatic N) is 1. The van der Waals surface area contributed by atoms with Crippen molar-refractivity contribution in [2.24, 2.45) is 0 Å². The molecule has 17 heavy (non-hydrogen) atoms. The number of esters is 1. The second-order valence-corrected chi connectivity index (χ2v) is 4.93. The van der Waals surface area contributed by atoms with Gasteiger partial charge >= 0.3 is 5.97 Å². The number of hydrogen-bond acceptors (Lipinski definition) is 4. The van der Waals surface area contributed by atoms with E-state index in [4.69, 9.17) is 4.74 Å². The minimum Gasteiger partial charge on any atom is -0.465 e. The zero-order valence-electron chi connectivity index (χ0n) is 10.0. The van der Waals surface area contributed by atoms with Crippen molar-refractivity contribution in [1.82, 2.24) is 10.2 Å². The molecule has 0 saturated carbocycles. The quantitative estimate of drug-likeness (QED) is 0.852. The highest BCUT2D eigenvalue weighted by molar-refractivity contribution is 7.14. The molecule has 4 nitrogen and oxygen atoms in total. The number of H-pyrrole nitrogens is 1. The van der Waals surface area contributed by atoms with E-state index >= 15 is 0 Å². The number of nitrogens with one attached hydrogen (secondary N) is 1. The first-order chi connectivity index (χ1) is 8.17. The standard InChI is InChI=1S/C12H14N2O2S/c1-4-10-9(6-13-14-10)8-5-11(12(15)16-3)17-7(8)2/h5-6H,4H2,1-3H3,(H,13,14). The molecule has 90 valence electrons. The molecule has 2 aromatic rings. The summed E-state index contributed by atoms with van der Waals surface area (Å²) in [5.74, 6) is -0.286. The first-order valence-corrected chi connectivity index (χ1v) is 6.20. The molecule has 5 heteroatoms. The molecule has 0 aliphatic carbocycles. The predicted octanol–water partition coefficient (Wildman–Crippen LogP) is 2.80. The molecule has 2 rings (SSSR count). The Hall–Kier alpha value is -1.62. The largest absolute Gasteiger partial charge is 0.465 e. The van der Waals surface area contributed by atoms with Crippen LogP contribution in [0.15, 0.2) is 12.3 Å². The highest BCUT2D eigenvalue weighted by Gasteiger charge is 2.16. The van der Waals surface area contributed by atoms with Crippen LogP contribution in [0.1, 0.15) is 27.2 Å². The third-order valence-electron chi connectivity index (χ3n) is 2.65. The summed E-state index contributed by atoms with van der Waals surface area (Å²) in [6, 6.07) is 1.87. The Labute approximate surface area is 104 Å². The minimum absolute atomic E-state index is 0.286. The molecule has 0 saturated heterocycles. The summed E-state index contributed by atoms with van der Waals surface area (Å²) in [5, 5.41) is 7.06. The Morgan fingerprint density at radius 1 is 1.53 bits per heavy atom. The van der Waals surface area contributed by atoms with Crippen LogP contribution in [0.2, 0.25) is 0 Å². The number of rotatable bonds is 3. The van der Waals surface area contributed by atoms with Crippen LogP contribution in [0.3, 0.4) is 0 Å². The van der Waals surface area contributed by atoms with Crippen molar-refractivity contribution in [2.75, 3.05) is 7.11 Å². The lowest BCUT2D eigenvalue weighted by Gasteiger charge is -1.97. The summed E-state index contributed by atoms with van der Waals surface area (Å²) in [6.45, 7) is 4.06. The van der Waals surface area contributed by atoms with Crippen molar-refractivity contribution in [1.29, 1.82) is 0 Å². The zero-order valence-corrected chi connectivity index (χ0v) is 10.9. The van der Waals surface area contributed by atoms with Gasteiger partial charge in [-0.3, -0.25) is 5.10 Å². The van der Waals surface area contributed by atoms with Gasteiger partial charge in [0, 0.05) is 16.6 Å². The van der Waals surface area contributed by atoms with Gasteiger partial charge in [0.1, 0.15) is 4.88 Å². The summed E-state index contributed by atoms with van der Waals surface area (Å²) >= 11 is 1.45. The van der Waals surface area contributed by atoms with Gasteiger partial charge in [-0.05, 0) is 25.0 Å². The zero-order chi connectivity index (χ0) is 12.4. The third-order valence-corrected chi connectivity index (χ3v) is 3.68. The number of aromatic amines is 1. The van der Waals surface area contributed by atoms with E-state index in [1.165, 1.54) is 18.4 Å². The lowest BCUT2D eigenvalue weighted by molar-refractivity contribution is 0.0606. The molecule has 2 heterocycles. The van der Waals surface area contributed by atoms with Gasteiger partial charge in [-0.1, -0.05) is 6.92 Å². The van der Waals surface area contributed by atoms with E-state index in [2.05, 4.69) is 17.1 Å². The Morgan fingerprint density at radius 2 is 2.29 bits per heavy atom. The molecule has 0 radical (unpaired) electrons. The van der Waals surface area contributed by atoms with Gasteiger partial charge < -0.3 is 4.74 Å². The fourth-order valence-electron chi connectivity index (χ4n) is 1.77. The number of aromatic nitrogens is 2. The highest BCUT2D eigenvalue weighted by Crippen LogP contribution is 2.32. The second kappa shape index (κ2) is 4.71. The summed E-state index contributed by atoms with van der Waals surface area (Å²) < 4.78 is 4.73. The van der Waals surface area contributed by atoms with E-state index in [9.17, 15) is 4.79 Å². The predicted molar refractivity (Wildman–Crippen MR) is 67.4 cm³/mol. The first kappa shape index (κ1) is 11.9. The summed E-state index contributed by atoms with van der Waals surface area (Å²) in [6.07, 6.45) is 2.73. The maximum absolute atomic E-state index is 11.5. The number of aryl methyl sites for hydroxylation is 2. The van der Waals surface area contributed by atoms with E-state index in [0.717, 1.165) is 28.1 Å². The topological polar surface area (TPSA) is 55.0 Å². The second-order valence-electron chi connectivity index (χ2n) is 3.67. The lowest BCUT2D eigenvalue weighted by Crippen LogP contribution is -1.96. The van der Waals surface area contributed by atoms with E-state index in [-0.39, 0.29) is 5.97 Å². The maximum atomic E-state index is 11.5. The maximum Gasteiger partial charge on any atom is 0.348 e. The number of hydrogen-bond donors (Lipinski definition) is 1. The van der Waals surface area contributed by atoms with Crippen molar-refractivity contribution in [3.8, 4) is 11.1 Å². The van der Waals surface area contributed by atoms with Crippen molar-refractivity contribution < 1.29 is 9.53 Å². The van der Waals surface area contributed by atoms with Crippen molar-refractivity contribution in [3.63, 3.8) is 0 Å². The average Bonchev–Trinajstić information content (AvgIpc) is 2.93. The van der Waals surface area contributed by atoms with Crippen molar-refractivity contribution in [3.05, 3.63) is 27.7 Å². The Morgan fingerprint density at radius 3 is 2.94 bits per heavy atom. The van der Waals surface area contributed by atoms with Crippen LogP contribution in [0.25, 0.3) is 11.1 Å². The fourth-order valence-corrected chi connectivity index (χ4v) is 2.72. The number of thiophene rings is 1. The van der Waals surface area contributed by atoms with Gasteiger partial charge in [0.25, 0.3) is 0 Å². The molecule has 0 aromatic carbocycles. The molecule has 0 amide bonds. The van der Waals surface area contributed by atoms with Gasteiger partial charge in [0.05, 0.1) is 12.8 Å². The van der Waals surface area contributed by atoms with Gasteiger partial charge in [0.2, 0.25) is 0 Å². The van der Waals surface area contributed by atoms with Gasteiger partial charge in [-0.2, -0.15) is 5.10 Å². The number of carbonyl (C=O) groups is 1. The first-order valence-electron chi connectivity index (χ1n) is 5.39. The normalized spacial score (nSPS) is 10.5. The molecule has 0 spiro atoms. The van der Waals surface area contributed by atoms with Gasteiger partial charge in [-0.25, -0.2) is 4.79 Å². The smallest absolute Gasteiger partial charge is 0.348 e. The third kappa shape index (κ3) is 2.10. The Bertz CT molecular complexity index is 542. The van der Waals surface area contributed by atoms with Crippen molar-refractivity contribution in [2.45, 2.75) is 20.3 Å². The molecule has 1 N–H and O–H groups in total. The molecule has 0 bridgehead atoms. The Kier molecular flexibility index (Phi) is 3.28. The molecule has 0 fully saturated rings. The summed E-state index contributed by atoms with van der Waals surface area (Å²) in [5.41, 5.74) is 3.14. The van der Waals surface area contributed by atoms with Crippen LogP contribution < -0.4 is 0 Å². The lowest BCUT2D eigenvalue weighted by atomic mass is 10.1.